The van der Waals surface area contributed by atoms with E-state index in [9.17, 15) is 4.79 Å². The summed E-state index contributed by atoms with van der Waals surface area (Å²) < 4.78 is 6.64. The summed E-state index contributed by atoms with van der Waals surface area (Å²) in [5.74, 6) is 0.103. The Kier molecular flexibility index (Phi) is 5.14. The van der Waals surface area contributed by atoms with Crippen molar-refractivity contribution in [1.29, 1.82) is 0 Å². The molecule has 0 saturated carbocycles. The molecule has 1 amide bonds. The molecule has 1 aliphatic heterocycles. The molecule has 2 aromatic rings. The third-order valence-corrected chi connectivity index (χ3v) is 6.27. The van der Waals surface area contributed by atoms with Crippen LogP contribution in [0.5, 0.6) is 0 Å². The number of benzene rings is 2. The maximum Gasteiger partial charge on any atom is 0.228 e. The van der Waals surface area contributed by atoms with Crippen molar-refractivity contribution in [3.8, 4) is 0 Å². The van der Waals surface area contributed by atoms with E-state index in [0.717, 1.165) is 42.1 Å². The summed E-state index contributed by atoms with van der Waals surface area (Å²) in [6.07, 6.45) is 4.69. The molecule has 0 spiro atoms. The highest BCUT2D eigenvalue weighted by molar-refractivity contribution is 9.10. The second-order valence-electron chi connectivity index (χ2n) is 7.34. The molecule has 4 rings (SSSR count). The highest BCUT2D eigenvalue weighted by atomic mass is 79.9. The molecular weight excluding hydrogens is 390 g/mol. The number of rotatable bonds is 3. The molecular formula is C22H24BrNO2. The smallest absolute Gasteiger partial charge is 0.228 e. The first-order valence-corrected chi connectivity index (χ1v) is 10.2. The fraction of sp³-hybridized carbons (Fsp3) is 0.409. The van der Waals surface area contributed by atoms with Gasteiger partial charge in [0.2, 0.25) is 5.91 Å². The summed E-state index contributed by atoms with van der Waals surface area (Å²) in [6.45, 7) is 1.35. The molecule has 0 radical (unpaired) electrons. The van der Waals surface area contributed by atoms with E-state index in [1.807, 2.05) is 18.2 Å². The molecule has 136 valence electrons. The maximum atomic E-state index is 13.3. The molecule has 1 atom stereocenters. The lowest BCUT2D eigenvalue weighted by atomic mass is 9.79. The molecule has 1 N–H and O–H groups in total. The van der Waals surface area contributed by atoms with Gasteiger partial charge in [-0.2, -0.15) is 0 Å². The summed E-state index contributed by atoms with van der Waals surface area (Å²) in [5.41, 5.74) is 3.34. The monoisotopic (exact) mass is 413 g/mol. The Labute approximate surface area is 163 Å². The van der Waals surface area contributed by atoms with E-state index in [0.29, 0.717) is 13.2 Å². The highest BCUT2D eigenvalue weighted by Crippen LogP contribution is 2.37. The first-order valence-electron chi connectivity index (χ1n) is 9.42. The normalized spacial score (nSPS) is 21.7. The number of hydrogen-bond acceptors (Lipinski definition) is 2. The van der Waals surface area contributed by atoms with Crippen LogP contribution in [-0.2, 0) is 21.5 Å². The first kappa shape index (κ1) is 17.7. The molecule has 26 heavy (non-hydrogen) atoms. The predicted molar refractivity (Wildman–Crippen MR) is 106 cm³/mol. The van der Waals surface area contributed by atoms with Crippen LogP contribution >= 0.6 is 15.9 Å². The van der Waals surface area contributed by atoms with Gasteiger partial charge in [0.05, 0.1) is 11.5 Å². The van der Waals surface area contributed by atoms with E-state index in [1.54, 1.807) is 0 Å². The Bertz CT molecular complexity index is 798. The van der Waals surface area contributed by atoms with Crippen LogP contribution < -0.4 is 5.32 Å². The fourth-order valence-electron chi connectivity index (χ4n) is 4.34. The first-order chi connectivity index (χ1) is 12.7. The van der Waals surface area contributed by atoms with Crippen molar-refractivity contribution in [2.45, 2.75) is 43.6 Å². The minimum atomic E-state index is -0.342. The van der Waals surface area contributed by atoms with Gasteiger partial charge in [-0.05, 0) is 60.9 Å². The Morgan fingerprint density at radius 1 is 1.12 bits per heavy atom. The van der Waals surface area contributed by atoms with Gasteiger partial charge in [0.25, 0.3) is 0 Å². The summed E-state index contributed by atoms with van der Waals surface area (Å²) >= 11 is 3.57. The standard InChI is InChI=1S/C22H24BrNO2/c23-18-8-4-7-17(15-18)22(11-13-26-14-12-22)24-21(25)20-10-3-6-16-5-1-2-9-19(16)20/h1-2,4-5,7-9,15,20H,3,6,10-14H2,(H,24,25). The molecule has 1 unspecified atom stereocenters. The number of carbonyl (C=O) groups excluding carboxylic acids is 1. The van der Waals surface area contributed by atoms with Gasteiger partial charge in [-0.1, -0.05) is 52.3 Å². The lowest BCUT2D eigenvalue weighted by Crippen LogP contribution is -2.51. The van der Waals surface area contributed by atoms with Gasteiger partial charge >= 0.3 is 0 Å². The average molecular weight is 414 g/mol. The van der Waals surface area contributed by atoms with Crippen molar-refractivity contribution in [3.05, 3.63) is 69.7 Å². The minimum Gasteiger partial charge on any atom is -0.381 e. The van der Waals surface area contributed by atoms with Gasteiger partial charge in [0, 0.05) is 17.7 Å². The van der Waals surface area contributed by atoms with Crippen molar-refractivity contribution in [2.75, 3.05) is 13.2 Å². The fourth-order valence-corrected chi connectivity index (χ4v) is 4.74. The Balaban J connectivity index is 1.64. The van der Waals surface area contributed by atoms with Crippen LogP contribution in [0.1, 0.15) is 48.3 Å². The molecule has 1 saturated heterocycles. The van der Waals surface area contributed by atoms with Crippen molar-refractivity contribution in [2.24, 2.45) is 0 Å². The van der Waals surface area contributed by atoms with Crippen molar-refractivity contribution >= 4 is 21.8 Å². The van der Waals surface area contributed by atoms with E-state index in [4.69, 9.17) is 4.74 Å². The van der Waals surface area contributed by atoms with Crippen LogP contribution in [0.4, 0.5) is 0 Å². The van der Waals surface area contributed by atoms with E-state index in [2.05, 4.69) is 51.6 Å². The SMILES string of the molecule is O=C(NC1(c2cccc(Br)c2)CCOCC1)C1CCCc2ccccc21. The van der Waals surface area contributed by atoms with Crippen LogP contribution in [0.3, 0.4) is 0 Å². The number of hydrogen-bond donors (Lipinski definition) is 1. The van der Waals surface area contributed by atoms with Gasteiger partial charge in [0.1, 0.15) is 0 Å². The quantitative estimate of drug-likeness (QED) is 0.792. The molecule has 2 aromatic carbocycles. The lowest BCUT2D eigenvalue weighted by Gasteiger charge is -2.40. The summed E-state index contributed by atoms with van der Waals surface area (Å²) in [6, 6.07) is 16.7. The molecule has 0 aromatic heterocycles. The van der Waals surface area contributed by atoms with Gasteiger partial charge in [0.15, 0.2) is 0 Å². The van der Waals surface area contributed by atoms with Gasteiger partial charge in [-0.15, -0.1) is 0 Å². The Morgan fingerprint density at radius 3 is 2.73 bits per heavy atom. The number of fused-ring (bicyclic) bond motifs is 1. The van der Waals surface area contributed by atoms with Gasteiger partial charge in [-0.3, -0.25) is 4.79 Å². The van der Waals surface area contributed by atoms with E-state index in [-0.39, 0.29) is 17.4 Å². The van der Waals surface area contributed by atoms with Crippen LogP contribution in [0.15, 0.2) is 53.0 Å². The van der Waals surface area contributed by atoms with Gasteiger partial charge < -0.3 is 10.1 Å². The third-order valence-electron chi connectivity index (χ3n) is 5.77. The number of nitrogens with one attached hydrogen (secondary N) is 1. The van der Waals surface area contributed by atoms with Crippen molar-refractivity contribution < 1.29 is 9.53 Å². The number of amides is 1. The Hall–Kier alpha value is -1.65. The lowest BCUT2D eigenvalue weighted by molar-refractivity contribution is -0.126. The van der Waals surface area contributed by atoms with Crippen molar-refractivity contribution in [3.63, 3.8) is 0 Å². The van der Waals surface area contributed by atoms with E-state index in [1.165, 1.54) is 11.1 Å². The van der Waals surface area contributed by atoms with E-state index >= 15 is 0 Å². The maximum absolute atomic E-state index is 13.3. The second kappa shape index (κ2) is 7.53. The molecule has 1 fully saturated rings. The molecule has 2 aliphatic rings. The zero-order chi connectivity index (χ0) is 18.0. The topological polar surface area (TPSA) is 38.3 Å². The number of carbonyl (C=O) groups is 1. The largest absolute Gasteiger partial charge is 0.381 e. The zero-order valence-electron chi connectivity index (χ0n) is 14.8. The average Bonchev–Trinajstić information content (AvgIpc) is 2.68. The molecule has 1 heterocycles. The Morgan fingerprint density at radius 2 is 1.92 bits per heavy atom. The van der Waals surface area contributed by atoms with Crippen LogP contribution in [0.25, 0.3) is 0 Å². The summed E-state index contributed by atoms with van der Waals surface area (Å²) in [4.78, 5) is 13.3. The van der Waals surface area contributed by atoms with Crippen LogP contribution in [0.2, 0.25) is 0 Å². The molecule has 3 nitrogen and oxygen atoms in total. The number of aryl methyl sites for hydroxylation is 1. The third kappa shape index (κ3) is 3.45. The predicted octanol–water partition coefficient (Wildman–Crippen LogP) is 4.69. The molecule has 0 bridgehead atoms. The van der Waals surface area contributed by atoms with Crippen LogP contribution in [-0.4, -0.2) is 19.1 Å². The van der Waals surface area contributed by atoms with E-state index < -0.39 is 0 Å². The van der Waals surface area contributed by atoms with Gasteiger partial charge in [-0.25, -0.2) is 0 Å². The molecule has 4 heteroatoms. The molecule has 1 aliphatic carbocycles. The summed E-state index contributed by atoms with van der Waals surface area (Å²) in [5, 5.41) is 3.45. The highest BCUT2D eigenvalue weighted by Gasteiger charge is 2.38. The second-order valence-corrected chi connectivity index (χ2v) is 8.25. The minimum absolute atomic E-state index is 0.0492. The van der Waals surface area contributed by atoms with Crippen LogP contribution in [0, 0.1) is 0 Å². The van der Waals surface area contributed by atoms with Crippen molar-refractivity contribution in [1.82, 2.24) is 5.32 Å². The number of ether oxygens (including phenoxy) is 1. The summed E-state index contributed by atoms with van der Waals surface area (Å²) in [7, 11) is 0. The zero-order valence-corrected chi connectivity index (χ0v) is 16.4. The number of halogens is 1.